The van der Waals surface area contributed by atoms with Gasteiger partial charge in [0.2, 0.25) is 0 Å². The highest BCUT2D eigenvalue weighted by molar-refractivity contribution is 5.98. The van der Waals surface area contributed by atoms with Crippen LogP contribution in [0.5, 0.6) is 0 Å². The van der Waals surface area contributed by atoms with Crippen molar-refractivity contribution in [1.82, 2.24) is 4.98 Å². The zero-order chi connectivity index (χ0) is 24.3. The summed E-state index contributed by atoms with van der Waals surface area (Å²) < 4.78 is 26.8. The highest BCUT2D eigenvalue weighted by atomic mass is 19.1. The monoisotopic (exact) mass is 452 g/mol. The third-order valence-corrected chi connectivity index (χ3v) is 5.23. The van der Waals surface area contributed by atoms with Crippen molar-refractivity contribution in [1.29, 1.82) is 0 Å². The van der Waals surface area contributed by atoms with Gasteiger partial charge in [-0.15, -0.1) is 0 Å². The number of pyridine rings is 1. The molecule has 0 radical (unpaired) electrons. The summed E-state index contributed by atoms with van der Waals surface area (Å²) in [6, 6.07) is 9.45. The summed E-state index contributed by atoms with van der Waals surface area (Å²) in [6.45, 7) is 7.63. The van der Waals surface area contributed by atoms with Gasteiger partial charge in [0.25, 0.3) is 5.91 Å². The van der Waals surface area contributed by atoms with Crippen LogP contribution in [-0.4, -0.2) is 21.8 Å². The fourth-order valence-corrected chi connectivity index (χ4v) is 3.60. The molecule has 172 valence electrons. The van der Waals surface area contributed by atoms with Gasteiger partial charge in [-0.3, -0.25) is 14.6 Å². The second-order valence-corrected chi connectivity index (χ2v) is 8.50. The Morgan fingerprint density at radius 1 is 1.03 bits per heavy atom. The smallest absolute Gasteiger partial charge is 0.257 e. The lowest BCUT2D eigenvalue weighted by molar-refractivity contribution is -0.124. The van der Waals surface area contributed by atoms with Crippen LogP contribution in [0.1, 0.15) is 53.6 Å². The molecular weight excluding hydrogens is 426 g/mol. The molecular formula is C26H26F2N2O3. The van der Waals surface area contributed by atoms with Crippen molar-refractivity contribution in [2.24, 2.45) is 5.92 Å². The van der Waals surface area contributed by atoms with Gasteiger partial charge in [0.15, 0.2) is 11.9 Å². The molecule has 2 N–H and O–H groups in total. The molecule has 1 atom stereocenters. The Kier molecular flexibility index (Phi) is 7.33. The molecule has 1 amide bonds. The van der Waals surface area contributed by atoms with Crippen LogP contribution in [0.25, 0.3) is 11.1 Å². The van der Waals surface area contributed by atoms with E-state index < -0.39 is 23.6 Å². The zero-order valence-corrected chi connectivity index (χ0v) is 18.9. The number of rotatable bonds is 7. The van der Waals surface area contributed by atoms with Crippen LogP contribution >= 0.6 is 0 Å². The van der Waals surface area contributed by atoms with Gasteiger partial charge in [0.1, 0.15) is 11.6 Å². The maximum atomic E-state index is 13.4. The first-order valence-corrected chi connectivity index (χ1v) is 10.6. The quantitative estimate of drug-likeness (QED) is 0.461. The first-order chi connectivity index (χ1) is 15.5. The molecule has 1 heterocycles. The number of carbonyl (C=O) groups is 2. The number of aryl methyl sites for hydroxylation is 2. The van der Waals surface area contributed by atoms with Crippen LogP contribution in [0.15, 0.2) is 48.7 Å². The molecule has 0 aliphatic rings. The minimum Gasteiger partial charge on any atom is -0.378 e. The molecule has 1 unspecified atom stereocenters. The van der Waals surface area contributed by atoms with Crippen LogP contribution in [0.2, 0.25) is 0 Å². The third-order valence-electron chi connectivity index (χ3n) is 5.23. The molecule has 0 fully saturated rings. The van der Waals surface area contributed by atoms with E-state index >= 15 is 0 Å². The molecule has 1 aromatic heterocycles. The minimum absolute atomic E-state index is 0.0427. The Labute approximate surface area is 191 Å². The third kappa shape index (κ3) is 5.87. The van der Waals surface area contributed by atoms with Gasteiger partial charge in [-0.05, 0) is 66.8 Å². The number of aromatic nitrogens is 1. The summed E-state index contributed by atoms with van der Waals surface area (Å²) in [5.41, 5.74) is 3.92. The molecule has 7 heteroatoms. The minimum atomic E-state index is -1.73. The molecule has 0 aliphatic carbocycles. The normalized spacial score (nSPS) is 12.0. The molecule has 0 saturated heterocycles. The van der Waals surface area contributed by atoms with Gasteiger partial charge in [0, 0.05) is 41.2 Å². The number of aliphatic hydroxyl groups is 1. The Morgan fingerprint density at radius 3 is 2.30 bits per heavy atom. The second-order valence-electron chi connectivity index (χ2n) is 8.50. The Balaban J connectivity index is 1.81. The van der Waals surface area contributed by atoms with Crippen molar-refractivity contribution in [2.45, 2.75) is 40.2 Å². The summed E-state index contributed by atoms with van der Waals surface area (Å²) in [7, 11) is 0. The van der Waals surface area contributed by atoms with E-state index in [1.165, 1.54) is 0 Å². The number of Topliss-reactive ketones (excluding diaryl/α,β-unsaturated/α-hetero) is 1. The number of halogens is 2. The standard InChI is InChI=1S/C26H26F2N2O3/c1-14(2)7-24(31)23-11-18(13-29-16(23)4)22-6-5-21(8-15(22)3)30-26(33)25(32)17-9-19(27)12-20(28)10-17/h5-6,8-14,25,32H,7H2,1-4H3,(H,30,33). The van der Waals surface area contributed by atoms with E-state index in [2.05, 4.69) is 10.3 Å². The van der Waals surface area contributed by atoms with E-state index in [-0.39, 0.29) is 17.3 Å². The summed E-state index contributed by atoms with van der Waals surface area (Å²) in [5, 5.41) is 12.7. The predicted octanol–water partition coefficient (Wildman–Crippen LogP) is 5.54. The Bertz CT molecular complexity index is 1190. The van der Waals surface area contributed by atoms with E-state index in [0.717, 1.165) is 28.8 Å². The number of anilines is 1. The molecule has 33 heavy (non-hydrogen) atoms. The highest BCUT2D eigenvalue weighted by Crippen LogP contribution is 2.28. The number of hydrogen-bond donors (Lipinski definition) is 2. The SMILES string of the molecule is Cc1cc(NC(=O)C(O)c2cc(F)cc(F)c2)ccc1-c1cnc(C)c(C(=O)CC(C)C)c1. The predicted molar refractivity (Wildman–Crippen MR) is 123 cm³/mol. The molecule has 0 bridgehead atoms. The van der Waals surface area contributed by atoms with Crippen LogP contribution in [-0.2, 0) is 4.79 Å². The number of benzene rings is 2. The van der Waals surface area contributed by atoms with Crippen molar-refractivity contribution >= 4 is 17.4 Å². The first kappa shape index (κ1) is 24.2. The lowest BCUT2D eigenvalue weighted by atomic mass is 9.95. The number of nitrogens with zero attached hydrogens (tertiary/aromatic N) is 1. The number of aliphatic hydroxyl groups excluding tert-OH is 1. The van der Waals surface area contributed by atoms with Crippen LogP contribution in [0, 0.1) is 31.4 Å². The number of ketones is 1. The number of carbonyl (C=O) groups excluding carboxylic acids is 2. The van der Waals surface area contributed by atoms with Crippen molar-refractivity contribution in [3.05, 3.63) is 82.7 Å². The Hall–Kier alpha value is -3.45. The van der Waals surface area contributed by atoms with Crippen molar-refractivity contribution in [2.75, 3.05) is 5.32 Å². The average molecular weight is 453 g/mol. The fourth-order valence-electron chi connectivity index (χ4n) is 3.60. The van der Waals surface area contributed by atoms with Crippen LogP contribution in [0.3, 0.4) is 0 Å². The van der Waals surface area contributed by atoms with Crippen molar-refractivity contribution in [3.8, 4) is 11.1 Å². The second kappa shape index (κ2) is 10.0. The summed E-state index contributed by atoms with van der Waals surface area (Å²) >= 11 is 0. The van der Waals surface area contributed by atoms with Gasteiger partial charge >= 0.3 is 0 Å². The largest absolute Gasteiger partial charge is 0.378 e. The number of amides is 1. The van der Waals surface area contributed by atoms with E-state index in [0.29, 0.717) is 29.4 Å². The first-order valence-electron chi connectivity index (χ1n) is 10.6. The molecule has 5 nitrogen and oxygen atoms in total. The van der Waals surface area contributed by atoms with E-state index in [1.807, 2.05) is 26.8 Å². The molecule has 0 spiro atoms. The zero-order valence-electron chi connectivity index (χ0n) is 18.9. The molecule has 3 rings (SSSR count). The van der Waals surface area contributed by atoms with E-state index in [9.17, 15) is 23.5 Å². The molecule has 3 aromatic rings. The van der Waals surface area contributed by atoms with Crippen LogP contribution in [0.4, 0.5) is 14.5 Å². The highest BCUT2D eigenvalue weighted by Gasteiger charge is 2.20. The number of nitrogens with one attached hydrogen (secondary N) is 1. The van der Waals surface area contributed by atoms with E-state index in [1.54, 1.807) is 31.3 Å². The molecule has 0 aliphatic heterocycles. The maximum absolute atomic E-state index is 13.4. The van der Waals surface area contributed by atoms with Crippen molar-refractivity contribution < 1.29 is 23.5 Å². The van der Waals surface area contributed by atoms with Gasteiger partial charge < -0.3 is 10.4 Å². The summed E-state index contributed by atoms with van der Waals surface area (Å²) in [6.07, 6.45) is 0.406. The fraction of sp³-hybridized carbons (Fsp3) is 0.269. The van der Waals surface area contributed by atoms with Gasteiger partial charge in [-0.2, -0.15) is 0 Å². The summed E-state index contributed by atoms with van der Waals surface area (Å²) in [5.74, 6) is -2.29. The van der Waals surface area contributed by atoms with Gasteiger partial charge in [0.05, 0.1) is 0 Å². The lowest BCUT2D eigenvalue weighted by Gasteiger charge is -2.14. The molecule has 2 aromatic carbocycles. The summed E-state index contributed by atoms with van der Waals surface area (Å²) in [4.78, 5) is 29.4. The lowest BCUT2D eigenvalue weighted by Crippen LogP contribution is -2.21. The average Bonchev–Trinajstić information content (AvgIpc) is 2.72. The molecule has 0 saturated carbocycles. The van der Waals surface area contributed by atoms with Crippen molar-refractivity contribution in [3.63, 3.8) is 0 Å². The number of hydrogen-bond acceptors (Lipinski definition) is 4. The van der Waals surface area contributed by atoms with Gasteiger partial charge in [-0.25, -0.2) is 8.78 Å². The maximum Gasteiger partial charge on any atom is 0.257 e. The Morgan fingerprint density at radius 2 is 1.70 bits per heavy atom. The topological polar surface area (TPSA) is 79.3 Å². The van der Waals surface area contributed by atoms with Gasteiger partial charge in [-0.1, -0.05) is 19.9 Å². The van der Waals surface area contributed by atoms with E-state index in [4.69, 9.17) is 0 Å². The van der Waals surface area contributed by atoms with Crippen LogP contribution < -0.4 is 5.32 Å².